The van der Waals surface area contributed by atoms with Crippen LogP contribution in [0.1, 0.15) is 78.3 Å². The van der Waals surface area contributed by atoms with Gasteiger partial charge < -0.3 is 24.0 Å². The van der Waals surface area contributed by atoms with Crippen molar-refractivity contribution in [3.63, 3.8) is 0 Å². The van der Waals surface area contributed by atoms with Gasteiger partial charge in [-0.05, 0) is 46.1 Å². The van der Waals surface area contributed by atoms with Crippen LogP contribution in [0.5, 0.6) is 11.5 Å². The first-order valence-electron chi connectivity index (χ1n) is 13.4. The Kier molecular flexibility index (Phi) is 9.94. The summed E-state index contributed by atoms with van der Waals surface area (Å²) < 4.78 is 17.1. The van der Waals surface area contributed by atoms with E-state index in [1.165, 1.54) is 6.42 Å². The van der Waals surface area contributed by atoms with E-state index in [1.54, 1.807) is 18.3 Å². The number of piperidine rings is 1. The van der Waals surface area contributed by atoms with Gasteiger partial charge in [0.1, 0.15) is 18.5 Å². The Morgan fingerprint density at radius 3 is 2.38 bits per heavy atom. The molecule has 0 unspecified atom stereocenters. The maximum atomic E-state index is 12.4. The maximum Gasteiger partial charge on any atom is 0.410 e. The molecule has 0 bridgehead atoms. The first kappa shape index (κ1) is 28.5. The first-order valence-corrected chi connectivity index (χ1v) is 13.4. The van der Waals surface area contributed by atoms with Crippen LogP contribution in [0.4, 0.5) is 4.79 Å². The number of rotatable bonds is 6. The number of methoxy groups -OCH3 is 1. The zero-order valence-electron chi connectivity index (χ0n) is 23.2. The molecule has 9 nitrogen and oxygen atoms in total. The predicted molar refractivity (Wildman–Crippen MR) is 143 cm³/mol. The van der Waals surface area contributed by atoms with Gasteiger partial charge in [-0.2, -0.15) is 0 Å². The molecule has 37 heavy (non-hydrogen) atoms. The summed E-state index contributed by atoms with van der Waals surface area (Å²) in [5.74, 6) is 1.61. The van der Waals surface area contributed by atoms with Crippen LogP contribution in [-0.4, -0.2) is 77.3 Å². The van der Waals surface area contributed by atoms with Crippen LogP contribution in [-0.2, 0) is 9.53 Å². The van der Waals surface area contributed by atoms with Gasteiger partial charge in [0, 0.05) is 43.4 Å². The molecule has 0 N–H and O–H groups in total. The number of likely N-dealkylation sites (tertiary alicyclic amines) is 2. The van der Waals surface area contributed by atoms with E-state index in [-0.39, 0.29) is 17.9 Å². The van der Waals surface area contributed by atoms with Crippen molar-refractivity contribution in [2.75, 3.05) is 39.9 Å². The average molecular weight is 515 g/mol. The number of carbonyl (C=O) groups excluding carboxylic acids is 2. The third-order valence-corrected chi connectivity index (χ3v) is 6.28. The number of hydrogen-bond donors (Lipinski definition) is 0. The summed E-state index contributed by atoms with van der Waals surface area (Å²) in [7, 11) is 1.61. The third-order valence-electron chi connectivity index (χ3n) is 6.28. The Morgan fingerprint density at radius 1 is 1.08 bits per heavy atom. The molecule has 1 aromatic carbocycles. The Bertz CT molecular complexity index is 1060. The normalized spacial score (nSPS) is 16.4. The molecule has 0 aliphatic carbocycles. The number of benzene rings is 1. The average Bonchev–Trinajstić information content (AvgIpc) is 3.27. The Morgan fingerprint density at radius 2 is 1.78 bits per heavy atom. The van der Waals surface area contributed by atoms with E-state index < -0.39 is 5.60 Å². The van der Waals surface area contributed by atoms with Crippen LogP contribution in [0.15, 0.2) is 18.5 Å². The molecule has 9 heteroatoms. The molecular weight excluding hydrogens is 472 g/mol. The van der Waals surface area contributed by atoms with E-state index in [1.807, 2.05) is 37.8 Å². The van der Waals surface area contributed by atoms with Crippen LogP contribution < -0.4 is 9.47 Å². The SMILES string of the molecule is CCC.COc1cc2c(C3CCN(C(=O)OC(C)(C)C)CC3)ncnc2cc1OCCN1CCCC1=O. The number of aromatic nitrogens is 2. The fourth-order valence-electron chi connectivity index (χ4n) is 4.55. The van der Waals surface area contributed by atoms with Gasteiger partial charge in [0.15, 0.2) is 11.5 Å². The standard InChI is InChI=1S/C25H34N4O5.C3H8/c1-25(2,3)34-24(31)29-10-7-17(8-11-29)23-18-14-20(32-4)21(15-19(18)26-16-27-23)33-13-12-28-9-5-6-22(28)30;1-3-2/h14-17H,5-13H2,1-4H3;3H2,1-2H3. The van der Waals surface area contributed by atoms with Crippen molar-refractivity contribution in [3.8, 4) is 11.5 Å². The van der Waals surface area contributed by atoms with E-state index in [2.05, 4.69) is 23.8 Å². The molecule has 1 aromatic heterocycles. The van der Waals surface area contributed by atoms with Gasteiger partial charge in [0.2, 0.25) is 5.91 Å². The monoisotopic (exact) mass is 514 g/mol. The fraction of sp³-hybridized carbons (Fsp3) is 0.643. The Balaban J connectivity index is 0.00000121. The Hall–Kier alpha value is -3.10. The minimum atomic E-state index is -0.503. The molecule has 0 radical (unpaired) electrons. The summed E-state index contributed by atoms with van der Waals surface area (Å²) in [5, 5.41) is 0.928. The van der Waals surface area contributed by atoms with Crippen molar-refractivity contribution in [1.29, 1.82) is 0 Å². The lowest BCUT2D eigenvalue weighted by Gasteiger charge is -2.33. The number of carbonyl (C=O) groups is 2. The van der Waals surface area contributed by atoms with Crippen molar-refractivity contribution >= 4 is 22.9 Å². The van der Waals surface area contributed by atoms with Crippen LogP contribution in [0.3, 0.4) is 0 Å². The number of fused-ring (bicyclic) bond motifs is 1. The largest absolute Gasteiger partial charge is 0.493 e. The molecule has 2 saturated heterocycles. The van der Waals surface area contributed by atoms with E-state index in [9.17, 15) is 9.59 Å². The molecule has 2 amide bonds. The van der Waals surface area contributed by atoms with Crippen molar-refractivity contribution in [2.45, 2.75) is 78.2 Å². The van der Waals surface area contributed by atoms with Gasteiger partial charge in [-0.15, -0.1) is 0 Å². The number of ether oxygens (including phenoxy) is 3. The lowest BCUT2D eigenvalue weighted by Crippen LogP contribution is -2.41. The second-order valence-corrected chi connectivity index (χ2v) is 10.6. The van der Waals surface area contributed by atoms with E-state index in [0.29, 0.717) is 44.2 Å². The third kappa shape index (κ3) is 7.69. The second-order valence-electron chi connectivity index (χ2n) is 10.6. The zero-order valence-corrected chi connectivity index (χ0v) is 23.2. The van der Waals surface area contributed by atoms with E-state index >= 15 is 0 Å². The van der Waals surface area contributed by atoms with Crippen molar-refractivity contribution in [1.82, 2.24) is 19.8 Å². The molecule has 0 atom stereocenters. The highest BCUT2D eigenvalue weighted by Gasteiger charge is 2.29. The van der Waals surface area contributed by atoms with Crippen molar-refractivity contribution in [3.05, 3.63) is 24.2 Å². The molecule has 3 heterocycles. The fourth-order valence-corrected chi connectivity index (χ4v) is 4.55. The highest BCUT2D eigenvalue weighted by molar-refractivity contribution is 5.85. The summed E-state index contributed by atoms with van der Waals surface area (Å²) in [5.41, 5.74) is 1.24. The number of amides is 2. The van der Waals surface area contributed by atoms with Crippen LogP contribution in [0.2, 0.25) is 0 Å². The molecule has 204 valence electrons. The van der Waals surface area contributed by atoms with Gasteiger partial charge in [-0.25, -0.2) is 14.8 Å². The Labute approximate surface area is 220 Å². The van der Waals surface area contributed by atoms with Crippen LogP contribution in [0.25, 0.3) is 10.9 Å². The topological polar surface area (TPSA) is 94.1 Å². The van der Waals surface area contributed by atoms with Crippen molar-refractivity contribution in [2.24, 2.45) is 0 Å². The van der Waals surface area contributed by atoms with Gasteiger partial charge in [-0.3, -0.25) is 4.79 Å². The molecule has 0 saturated carbocycles. The smallest absolute Gasteiger partial charge is 0.410 e. The summed E-state index contributed by atoms with van der Waals surface area (Å²) in [6.07, 6.45) is 5.70. The van der Waals surface area contributed by atoms with Crippen LogP contribution in [0, 0.1) is 0 Å². The van der Waals surface area contributed by atoms with E-state index in [4.69, 9.17) is 14.2 Å². The highest BCUT2D eigenvalue weighted by atomic mass is 16.6. The molecular formula is C28H42N4O5. The highest BCUT2D eigenvalue weighted by Crippen LogP contribution is 2.37. The summed E-state index contributed by atoms with van der Waals surface area (Å²) in [6, 6.07) is 3.81. The predicted octanol–water partition coefficient (Wildman–Crippen LogP) is 5.17. The van der Waals surface area contributed by atoms with Gasteiger partial charge in [0.25, 0.3) is 0 Å². The van der Waals surface area contributed by atoms with Crippen LogP contribution >= 0.6 is 0 Å². The summed E-state index contributed by atoms with van der Waals surface area (Å²) in [4.78, 5) is 36.9. The number of hydrogen-bond acceptors (Lipinski definition) is 7. The van der Waals surface area contributed by atoms with Gasteiger partial charge in [-0.1, -0.05) is 20.3 Å². The summed E-state index contributed by atoms with van der Waals surface area (Å²) >= 11 is 0. The minimum absolute atomic E-state index is 0.184. The first-order chi connectivity index (χ1) is 17.7. The van der Waals surface area contributed by atoms with Gasteiger partial charge in [0.05, 0.1) is 24.9 Å². The molecule has 2 aliphatic rings. The lowest BCUT2D eigenvalue weighted by molar-refractivity contribution is -0.128. The molecule has 2 fully saturated rings. The summed E-state index contributed by atoms with van der Waals surface area (Å²) in [6.45, 7) is 12.9. The quantitative estimate of drug-likeness (QED) is 0.525. The molecule has 2 aliphatic heterocycles. The second kappa shape index (κ2) is 12.9. The van der Waals surface area contributed by atoms with E-state index in [0.717, 1.165) is 42.4 Å². The minimum Gasteiger partial charge on any atom is -0.493 e. The zero-order chi connectivity index (χ0) is 27.0. The molecule has 0 spiro atoms. The maximum absolute atomic E-state index is 12.4. The molecule has 4 rings (SSSR count). The van der Waals surface area contributed by atoms with Crippen molar-refractivity contribution < 1.29 is 23.8 Å². The number of nitrogens with zero attached hydrogens (tertiary/aromatic N) is 4. The molecule has 2 aromatic rings. The lowest BCUT2D eigenvalue weighted by atomic mass is 9.91. The van der Waals surface area contributed by atoms with Gasteiger partial charge >= 0.3 is 6.09 Å².